The summed E-state index contributed by atoms with van der Waals surface area (Å²) in [5.41, 5.74) is 3.45. The van der Waals surface area contributed by atoms with Crippen LogP contribution in [0.2, 0.25) is 0 Å². The number of aromatic nitrogens is 1. The van der Waals surface area contributed by atoms with Crippen LogP contribution in [0.3, 0.4) is 0 Å². The summed E-state index contributed by atoms with van der Waals surface area (Å²) in [7, 11) is 1.93. The van der Waals surface area contributed by atoms with Gasteiger partial charge in [0.15, 0.2) is 0 Å². The first-order chi connectivity index (χ1) is 9.26. The van der Waals surface area contributed by atoms with Crippen LogP contribution < -0.4 is 10.2 Å². The van der Waals surface area contributed by atoms with Gasteiger partial charge in [-0.25, -0.2) is 0 Å². The van der Waals surface area contributed by atoms with Gasteiger partial charge in [-0.15, -0.1) is 0 Å². The van der Waals surface area contributed by atoms with Gasteiger partial charge in [-0.05, 0) is 25.1 Å². The molecule has 0 saturated heterocycles. The topological polar surface area (TPSA) is 52.0 Å². The average molecular weight is 252 g/mol. The van der Waals surface area contributed by atoms with Crippen molar-refractivity contribution in [2.45, 2.75) is 6.92 Å². The number of nitrogens with one attached hydrogen (secondary N) is 1. The van der Waals surface area contributed by atoms with Crippen LogP contribution in [0.4, 0.5) is 17.1 Å². The summed E-state index contributed by atoms with van der Waals surface area (Å²) in [5.74, 6) is 0. The largest absolute Gasteiger partial charge is 0.384 e. The highest BCUT2D eigenvalue weighted by Gasteiger charge is 2.09. The lowest BCUT2D eigenvalue weighted by Crippen LogP contribution is -2.11. The molecule has 0 atom stereocenters. The number of anilines is 3. The molecule has 96 valence electrons. The first-order valence-corrected chi connectivity index (χ1v) is 6.18. The Morgan fingerprint density at radius 2 is 2.11 bits per heavy atom. The number of pyridine rings is 1. The van der Waals surface area contributed by atoms with Crippen LogP contribution in [0.15, 0.2) is 42.7 Å². The lowest BCUT2D eigenvalue weighted by atomic mass is 10.1. The molecule has 2 aromatic rings. The van der Waals surface area contributed by atoms with Crippen molar-refractivity contribution in [1.82, 2.24) is 4.98 Å². The summed E-state index contributed by atoms with van der Waals surface area (Å²) >= 11 is 0. The first-order valence-electron chi connectivity index (χ1n) is 6.18. The summed E-state index contributed by atoms with van der Waals surface area (Å²) in [4.78, 5) is 6.18. The highest BCUT2D eigenvalue weighted by molar-refractivity contribution is 5.70. The van der Waals surface area contributed by atoms with Gasteiger partial charge in [0, 0.05) is 13.6 Å². The second kappa shape index (κ2) is 5.87. The highest BCUT2D eigenvalue weighted by atomic mass is 15.1. The molecule has 1 N–H and O–H groups in total. The minimum Gasteiger partial charge on any atom is -0.384 e. The minimum absolute atomic E-state index is 0.652. The predicted molar refractivity (Wildman–Crippen MR) is 77.6 cm³/mol. The number of para-hydroxylation sites is 1. The van der Waals surface area contributed by atoms with Crippen LogP contribution in [-0.2, 0) is 0 Å². The van der Waals surface area contributed by atoms with Gasteiger partial charge in [0.05, 0.1) is 35.0 Å². The SMILES string of the molecule is CCNc1cncc(N(C)c2ccccc2C#N)c1. The summed E-state index contributed by atoms with van der Waals surface area (Å²) in [6, 6.07) is 11.8. The third kappa shape index (κ3) is 2.83. The van der Waals surface area contributed by atoms with Crippen LogP contribution >= 0.6 is 0 Å². The zero-order chi connectivity index (χ0) is 13.7. The molecule has 0 spiro atoms. The molecule has 1 aromatic carbocycles. The molecule has 4 nitrogen and oxygen atoms in total. The van der Waals surface area contributed by atoms with Crippen molar-refractivity contribution < 1.29 is 0 Å². The van der Waals surface area contributed by atoms with E-state index in [0.29, 0.717) is 5.56 Å². The zero-order valence-electron chi connectivity index (χ0n) is 11.1. The van der Waals surface area contributed by atoms with E-state index in [0.717, 1.165) is 23.6 Å². The summed E-state index contributed by atoms with van der Waals surface area (Å²) < 4.78 is 0. The maximum atomic E-state index is 9.15. The van der Waals surface area contributed by atoms with Gasteiger partial charge in [0.2, 0.25) is 0 Å². The summed E-state index contributed by atoms with van der Waals surface area (Å²) in [5, 5.41) is 12.4. The van der Waals surface area contributed by atoms with E-state index in [-0.39, 0.29) is 0 Å². The first kappa shape index (κ1) is 12.9. The van der Waals surface area contributed by atoms with Crippen molar-refractivity contribution in [1.29, 1.82) is 5.26 Å². The molecule has 0 radical (unpaired) electrons. The number of nitrogens with zero attached hydrogens (tertiary/aromatic N) is 3. The number of hydrogen-bond acceptors (Lipinski definition) is 4. The zero-order valence-corrected chi connectivity index (χ0v) is 11.1. The van der Waals surface area contributed by atoms with Gasteiger partial charge < -0.3 is 10.2 Å². The molecule has 0 aliphatic carbocycles. The average Bonchev–Trinajstić information content (AvgIpc) is 2.47. The van der Waals surface area contributed by atoms with Gasteiger partial charge in [0.1, 0.15) is 6.07 Å². The van der Waals surface area contributed by atoms with E-state index >= 15 is 0 Å². The number of hydrogen-bond donors (Lipinski definition) is 1. The fraction of sp³-hybridized carbons (Fsp3) is 0.200. The number of rotatable bonds is 4. The molecule has 0 fully saturated rings. The summed E-state index contributed by atoms with van der Waals surface area (Å²) in [6.45, 7) is 2.89. The van der Waals surface area contributed by atoms with Crippen molar-refractivity contribution in [3.05, 3.63) is 48.3 Å². The lowest BCUT2D eigenvalue weighted by Gasteiger charge is -2.20. The molecule has 0 bridgehead atoms. The minimum atomic E-state index is 0.652. The Kier molecular flexibility index (Phi) is 3.99. The molecule has 2 rings (SSSR count). The third-order valence-corrected chi connectivity index (χ3v) is 2.88. The molecule has 1 heterocycles. The van der Waals surface area contributed by atoms with E-state index in [2.05, 4.69) is 16.4 Å². The Bertz CT molecular complexity index is 601. The summed E-state index contributed by atoms with van der Waals surface area (Å²) in [6.07, 6.45) is 3.58. The van der Waals surface area contributed by atoms with Crippen LogP contribution in [0.5, 0.6) is 0 Å². The molecule has 1 aromatic heterocycles. The fourth-order valence-corrected chi connectivity index (χ4v) is 1.91. The molecular weight excluding hydrogens is 236 g/mol. The molecular formula is C15H16N4. The second-order valence-corrected chi connectivity index (χ2v) is 4.15. The Labute approximate surface area is 113 Å². The predicted octanol–water partition coefficient (Wildman–Crippen LogP) is 3.15. The van der Waals surface area contributed by atoms with E-state index in [1.807, 2.05) is 49.2 Å². The Morgan fingerprint density at radius 1 is 1.32 bits per heavy atom. The second-order valence-electron chi connectivity index (χ2n) is 4.15. The van der Waals surface area contributed by atoms with E-state index < -0.39 is 0 Å². The quantitative estimate of drug-likeness (QED) is 0.908. The van der Waals surface area contributed by atoms with E-state index in [1.54, 1.807) is 12.4 Å². The van der Waals surface area contributed by atoms with E-state index in [1.165, 1.54) is 0 Å². The number of benzene rings is 1. The maximum absolute atomic E-state index is 9.15. The van der Waals surface area contributed by atoms with Gasteiger partial charge in [-0.2, -0.15) is 5.26 Å². The van der Waals surface area contributed by atoms with Gasteiger partial charge >= 0.3 is 0 Å². The normalized spacial score (nSPS) is 9.74. The molecule has 19 heavy (non-hydrogen) atoms. The van der Waals surface area contributed by atoms with Gasteiger partial charge in [-0.1, -0.05) is 12.1 Å². The van der Waals surface area contributed by atoms with Crippen LogP contribution in [0.25, 0.3) is 0 Å². The highest BCUT2D eigenvalue weighted by Crippen LogP contribution is 2.27. The Morgan fingerprint density at radius 3 is 2.84 bits per heavy atom. The Balaban J connectivity index is 2.36. The smallest absolute Gasteiger partial charge is 0.101 e. The Hall–Kier alpha value is -2.54. The van der Waals surface area contributed by atoms with Crippen molar-refractivity contribution in [3.63, 3.8) is 0 Å². The maximum Gasteiger partial charge on any atom is 0.101 e. The van der Waals surface area contributed by atoms with Crippen molar-refractivity contribution in [2.75, 3.05) is 23.8 Å². The monoisotopic (exact) mass is 252 g/mol. The molecule has 0 aliphatic heterocycles. The molecule has 0 aliphatic rings. The third-order valence-electron chi connectivity index (χ3n) is 2.88. The van der Waals surface area contributed by atoms with Gasteiger partial charge in [-0.3, -0.25) is 4.98 Å². The molecule has 0 unspecified atom stereocenters. The van der Waals surface area contributed by atoms with Crippen LogP contribution in [0, 0.1) is 11.3 Å². The van der Waals surface area contributed by atoms with Crippen molar-refractivity contribution in [3.8, 4) is 6.07 Å². The molecule has 0 saturated carbocycles. The fourth-order valence-electron chi connectivity index (χ4n) is 1.91. The number of nitriles is 1. The van der Waals surface area contributed by atoms with E-state index in [4.69, 9.17) is 5.26 Å². The van der Waals surface area contributed by atoms with Gasteiger partial charge in [0.25, 0.3) is 0 Å². The van der Waals surface area contributed by atoms with Crippen molar-refractivity contribution >= 4 is 17.1 Å². The lowest BCUT2D eigenvalue weighted by molar-refractivity contribution is 1.15. The van der Waals surface area contributed by atoms with Crippen LogP contribution in [0.1, 0.15) is 12.5 Å². The molecule has 0 amide bonds. The van der Waals surface area contributed by atoms with Crippen molar-refractivity contribution in [2.24, 2.45) is 0 Å². The standard InChI is InChI=1S/C15H16N4/c1-3-18-13-8-14(11-17-10-13)19(2)15-7-5-4-6-12(15)9-16/h4-8,10-11,18H,3H2,1-2H3. The molecule has 4 heteroatoms. The van der Waals surface area contributed by atoms with Crippen LogP contribution in [-0.4, -0.2) is 18.6 Å². The van der Waals surface area contributed by atoms with E-state index in [9.17, 15) is 0 Å².